The molecule has 1 aromatic carbocycles. The van der Waals surface area contributed by atoms with E-state index in [2.05, 4.69) is 20.4 Å². The average molecular weight is 370 g/mol. The normalized spacial score (nSPS) is 13.3. The molecule has 4 rings (SSSR count). The Morgan fingerprint density at radius 1 is 1.19 bits per heavy atom. The van der Waals surface area contributed by atoms with Crippen LogP contribution in [0.1, 0.15) is 11.3 Å². The van der Waals surface area contributed by atoms with Crippen LogP contribution >= 0.6 is 11.6 Å². The van der Waals surface area contributed by atoms with E-state index in [1.54, 1.807) is 17.0 Å². The lowest BCUT2D eigenvalue weighted by Crippen LogP contribution is -2.38. The summed E-state index contributed by atoms with van der Waals surface area (Å²) in [4.78, 5) is 14.3. The van der Waals surface area contributed by atoms with Gasteiger partial charge in [-0.25, -0.2) is 0 Å². The summed E-state index contributed by atoms with van der Waals surface area (Å²) in [6, 6.07) is 13.1. The quantitative estimate of drug-likeness (QED) is 0.763. The van der Waals surface area contributed by atoms with E-state index in [4.69, 9.17) is 16.3 Å². The van der Waals surface area contributed by atoms with Gasteiger partial charge in [0.25, 0.3) is 5.91 Å². The minimum atomic E-state index is -0.104. The van der Waals surface area contributed by atoms with Crippen molar-refractivity contribution in [1.82, 2.24) is 25.3 Å². The summed E-state index contributed by atoms with van der Waals surface area (Å²) in [5.41, 5.74) is 4.06. The molecule has 0 aliphatic carbocycles. The number of aromatic nitrogens is 4. The fraction of sp³-hybridized carbons (Fsp3) is 0.222. The highest BCUT2D eigenvalue weighted by Gasteiger charge is 2.25. The third kappa shape index (κ3) is 3.39. The van der Waals surface area contributed by atoms with Crippen molar-refractivity contribution in [2.45, 2.75) is 13.0 Å². The third-order valence-electron chi connectivity index (χ3n) is 4.28. The van der Waals surface area contributed by atoms with E-state index >= 15 is 0 Å². The first kappa shape index (κ1) is 16.5. The van der Waals surface area contributed by atoms with E-state index in [9.17, 15) is 4.79 Å². The first-order chi connectivity index (χ1) is 12.7. The number of hydrogen-bond acceptors (Lipinski definition) is 5. The number of halogens is 1. The van der Waals surface area contributed by atoms with Crippen LogP contribution in [0.15, 0.2) is 42.5 Å². The van der Waals surface area contributed by atoms with Crippen molar-refractivity contribution in [1.29, 1.82) is 0 Å². The number of H-pyrrole nitrogens is 1. The van der Waals surface area contributed by atoms with E-state index in [1.807, 2.05) is 30.3 Å². The second-order valence-corrected chi connectivity index (χ2v) is 6.33. The van der Waals surface area contributed by atoms with E-state index in [1.165, 1.54) is 0 Å². The highest BCUT2D eigenvalue weighted by molar-refractivity contribution is 6.29. The molecule has 1 amide bonds. The van der Waals surface area contributed by atoms with Gasteiger partial charge in [-0.3, -0.25) is 9.89 Å². The van der Waals surface area contributed by atoms with Crippen LogP contribution < -0.4 is 4.74 Å². The smallest absolute Gasteiger partial charge is 0.260 e. The highest BCUT2D eigenvalue weighted by Crippen LogP contribution is 2.28. The standard InChI is InChI=1S/C18H16ClN5O2/c19-15-6-7-16(22-21-15)26-11-17(25)24-9-8-14-13(10-24)18(23-20-14)12-4-2-1-3-5-12/h1-7H,8-11H2,(H,20,23). The number of nitrogens with zero attached hydrogens (tertiary/aromatic N) is 4. The number of amides is 1. The van der Waals surface area contributed by atoms with E-state index in [0.29, 0.717) is 13.1 Å². The summed E-state index contributed by atoms with van der Waals surface area (Å²) in [6.45, 7) is 1.03. The van der Waals surface area contributed by atoms with Crippen molar-refractivity contribution in [2.24, 2.45) is 0 Å². The molecule has 0 fully saturated rings. The number of carbonyl (C=O) groups is 1. The molecule has 0 saturated carbocycles. The van der Waals surface area contributed by atoms with Crippen LogP contribution in [0.2, 0.25) is 5.15 Å². The molecule has 132 valence electrons. The van der Waals surface area contributed by atoms with Gasteiger partial charge in [0.05, 0.1) is 5.69 Å². The topological polar surface area (TPSA) is 84.0 Å². The van der Waals surface area contributed by atoms with Gasteiger partial charge in [-0.15, -0.1) is 10.2 Å². The van der Waals surface area contributed by atoms with E-state index < -0.39 is 0 Å². The SMILES string of the molecule is O=C(COc1ccc(Cl)nn1)N1CCc2[nH]nc(-c3ccccc3)c2C1. The summed E-state index contributed by atoms with van der Waals surface area (Å²) in [5.74, 6) is 0.168. The Kier molecular flexibility index (Phi) is 4.53. The van der Waals surface area contributed by atoms with Gasteiger partial charge < -0.3 is 9.64 Å². The third-order valence-corrected chi connectivity index (χ3v) is 4.49. The van der Waals surface area contributed by atoms with Crippen molar-refractivity contribution in [3.8, 4) is 17.1 Å². The Morgan fingerprint density at radius 2 is 2.04 bits per heavy atom. The Morgan fingerprint density at radius 3 is 2.81 bits per heavy atom. The van der Waals surface area contributed by atoms with Crippen LogP contribution in [0.5, 0.6) is 5.88 Å². The molecule has 1 aliphatic rings. The molecule has 3 aromatic rings. The fourth-order valence-electron chi connectivity index (χ4n) is 2.95. The predicted molar refractivity (Wildman–Crippen MR) is 95.7 cm³/mol. The van der Waals surface area contributed by atoms with Crippen molar-refractivity contribution in [2.75, 3.05) is 13.2 Å². The molecule has 8 heteroatoms. The number of hydrogen-bond donors (Lipinski definition) is 1. The Labute approximate surface area is 155 Å². The average Bonchev–Trinajstić information content (AvgIpc) is 3.11. The first-order valence-corrected chi connectivity index (χ1v) is 8.60. The molecule has 0 saturated heterocycles. The number of fused-ring (bicyclic) bond motifs is 1. The van der Waals surface area contributed by atoms with E-state index in [0.717, 1.165) is 28.9 Å². The molecule has 0 unspecified atom stereocenters. The maximum absolute atomic E-state index is 12.5. The molecule has 0 bridgehead atoms. The monoisotopic (exact) mass is 369 g/mol. The molecule has 3 heterocycles. The first-order valence-electron chi connectivity index (χ1n) is 8.22. The number of rotatable bonds is 4. The lowest BCUT2D eigenvalue weighted by atomic mass is 10.0. The van der Waals surface area contributed by atoms with Gasteiger partial charge in [0.15, 0.2) is 11.8 Å². The van der Waals surface area contributed by atoms with Gasteiger partial charge >= 0.3 is 0 Å². The maximum Gasteiger partial charge on any atom is 0.260 e. The van der Waals surface area contributed by atoms with Crippen molar-refractivity contribution in [3.05, 3.63) is 58.9 Å². The largest absolute Gasteiger partial charge is 0.466 e. The second kappa shape index (κ2) is 7.13. The van der Waals surface area contributed by atoms with Gasteiger partial charge in [-0.1, -0.05) is 41.9 Å². The van der Waals surface area contributed by atoms with Crippen molar-refractivity contribution in [3.63, 3.8) is 0 Å². The Balaban J connectivity index is 1.45. The molecule has 1 N–H and O–H groups in total. The zero-order valence-corrected chi connectivity index (χ0v) is 14.6. The molecule has 0 atom stereocenters. The molecular weight excluding hydrogens is 354 g/mol. The Bertz CT molecular complexity index is 911. The predicted octanol–water partition coefficient (Wildman–Crippen LogP) is 2.48. The van der Waals surface area contributed by atoms with Crippen LogP contribution in [0.3, 0.4) is 0 Å². The van der Waals surface area contributed by atoms with Crippen LogP contribution in [-0.4, -0.2) is 44.4 Å². The summed E-state index contributed by atoms with van der Waals surface area (Å²) in [5, 5.41) is 15.3. The summed E-state index contributed by atoms with van der Waals surface area (Å²) < 4.78 is 5.41. The molecule has 7 nitrogen and oxygen atoms in total. The fourth-order valence-corrected chi connectivity index (χ4v) is 3.05. The second-order valence-electron chi connectivity index (χ2n) is 5.94. The zero-order valence-electron chi connectivity index (χ0n) is 13.9. The molecule has 2 aromatic heterocycles. The van der Waals surface area contributed by atoms with Crippen LogP contribution in [-0.2, 0) is 17.8 Å². The Hall–Kier alpha value is -2.93. The molecular formula is C18H16ClN5O2. The zero-order chi connectivity index (χ0) is 17.9. The minimum absolute atomic E-state index is 0.0931. The number of nitrogens with one attached hydrogen (secondary N) is 1. The molecule has 0 radical (unpaired) electrons. The van der Waals surface area contributed by atoms with Crippen LogP contribution in [0.4, 0.5) is 0 Å². The summed E-state index contributed by atoms with van der Waals surface area (Å²) in [7, 11) is 0. The van der Waals surface area contributed by atoms with Crippen molar-refractivity contribution < 1.29 is 9.53 Å². The number of aromatic amines is 1. The molecule has 0 spiro atoms. The van der Waals surface area contributed by atoms with Crippen LogP contribution in [0, 0.1) is 0 Å². The van der Waals surface area contributed by atoms with Crippen LogP contribution in [0.25, 0.3) is 11.3 Å². The van der Waals surface area contributed by atoms with Gasteiger partial charge in [0, 0.05) is 42.4 Å². The summed E-state index contributed by atoms with van der Waals surface area (Å²) >= 11 is 5.69. The lowest BCUT2D eigenvalue weighted by Gasteiger charge is -2.27. The maximum atomic E-state index is 12.5. The van der Waals surface area contributed by atoms with Gasteiger partial charge in [-0.2, -0.15) is 5.10 Å². The minimum Gasteiger partial charge on any atom is -0.466 e. The highest BCUT2D eigenvalue weighted by atomic mass is 35.5. The van der Waals surface area contributed by atoms with Gasteiger partial charge in [-0.05, 0) is 6.07 Å². The summed E-state index contributed by atoms with van der Waals surface area (Å²) in [6.07, 6.45) is 0.738. The van der Waals surface area contributed by atoms with Gasteiger partial charge in [0.2, 0.25) is 5.88 Å². The van der Waals surface area contributed by atoms with Gasteiger partial charge in [0.1, 0.15) is 0 Å². The number of benzene rings is 1. The molecule has 1 aliphatic heterocycles. The van der Waals surface area contributed by atoms with E-state index in [-0.39, 0.29) is 23.5 Å². The number of carbonyl (C=O) groups excluding carboxylic acids is 1. The van der Waals surface area contributed by atoms with Crippen molar-refractivity contribution >= 4 is 17.5 Å². The molecule has 26 heavy (non-hydrogen) atoms. The number of ether oxygens (including phenoxy) is 1. The lowest BCUT2D eigenvalue weighted by molar-refractivity contribution is -0.134.